The first-order valence-corrected chi connectivity index (χ1v) is 5.11. The number of hydrogen-bond acceptors (Lipinski definition) is 2. The average molecular weight is 217 g/mol. The van der Waals surface area contributed by atoms with Gasteiger partial charge in [-0.1, -0.05) is 6.92 Å². The zero-order valence-electron chi connectivity index (χ0n) is 8.30. The van der Waals surface area contributed by atoms with E-state index in [1.54, 1.807) is 6.07 Å². The molecule has 0 aliphatic carbocycles. The predicted octanol–water partition coefficient (Wildman–Crippen LogP) is 2.90. The fraction of sp³-hybridized carbons (Fsp3) is 0.500. The summed E-state index contributed by atoms with van der Waals surface area (Å²) in [6.45, 7) is 4.08. The third-order valence-electron chi connectivity index (χ3n) is 2.20. The Morgan fingerprint density at radius 1 is 1.50 bits per heavy atom. The molecule has 0 bridgehead atoms. The van der Waals surface area contributed by atoms with E-state index in [2.05, 4.69) is 10.3 Å². The molecule has 78 valence electrons. The molecule has 0 amide bonds. The van der Waals surface area contributed by atoms with Crippen molar-refractivity contribution < 1.29 is 4.39 Å². The van der Waals surface area contributed by atoms with Crippen molar-refractivity contribution in [3.8, 4) is 0 Å². The molecule has 2 atom stereocenters. The number of anilines is 1. The van der Waals surface area contributed by atoms with Crippen LogP contribution in [0.4, 0.5) is 10.2 Å². The van der Waals surface area contributed by atoms with Gasteiger partial charge >= 0.3 is 0 Å². The van der Waals surface area contributed by atoms with Crippen LogP contribution in [0.2, 0.25) is 0 Å². The highest BCUT2D eigenvalue weighted by Crippen LogP contribution is 2.11. The number of halogens is 2. The van der Waals surface area contributed by atoms with Gasteiger partial charge in [0.1, 0.15) is 11.6 Å². The van der Waals surface area contributed by atoms with Crippen molar-refractivity contribution in [3.63, 3.8) is 0 Å². The molecule has 1 N–H and O–H groups in total. The van der Waals surface area contributed by atoms with Crippen LogP contribution in [0.1, 0.15) is 13.8 Å². The third kappa shape index (κ3) is 3.14. The summed E-state index contributed by atoms with van der Waals surface area (Å²) in [4.78, 5) is 3.91. The lowest BCUT2D eigenvalue weighted by molar-refractivity contribution is 0.563. The van der Waals surface area contributed by atoms with Gasteiger partial charge in [0.05, 0.1) is 6.20 Å². The first-order valence-electron chi connectivity index (χ1n) is 4.57. The molecule has 2 nitrogen and oxygen atoms in total. The molecule has 0 spiro atoms. The molecule has 4 heteroatoms. The quantitative estimate of drug-likeness (QED) is 0.783. The molecule has 14 heavy (non-hydrogen) atoms. The van der Waals surface area contributed by atoms with E-state index in [9.17, 15) is 4.39 Å². The second-order valence-electron chi connectivity index (χ2n) is 3.43. The van der Waals surface area contributed by atoms with Crippen molar-refractivity contribution >= 4 is 17.4 Å². The fourth-order valence-corrected chi connectivity index (χ4v) is 1.24. The number of nitrogens with zero attached hydrogens (tertiary/aromatic N) is 1. The number of nitrogens with one attached hydrogen (secondary N) is 1. The summed E-state index contributed by atoms with van der Waals surface area (Å²) in [5.74, 6) is 1.29. The van der Waals surface area contributed by atoms with E-state index in [0.29, 0.717) is 17.6 Å². The van der Waals surface area contributed by atoms with Crippen LogP contribution in [0.15, 0.2) is 18.3 Å². The monoisotopic (exact) mass is 216 g/mol. The normalized spacial score (nSPS) is 14.9. The minimum Gasteiger partial charge on any atom is -0.367 e. The number of aromatic nitrogens is 1. The van der Waals surface area contributed by atoms with Gasteiger partial charge in [-0.05, 0) is 25.0 Å². The van der Waals surface area contributed by atoms with E-state index in [-0.39, 0.29) is 11.9 Å². The maximum absolute atomic E-state index is 12.5. The number of pyridine rings is 1. The van der Waals surface area contributed by atoms with E-state index in [1.165, 1.54) is 12.3 Å². The number of rotatable bonds is 4. The van der Waals surface area contributed by atoms with Crippen molar-refractivity contribution in [3.05, 3.63) is 24.1 Å². The molecule has 1 rings (SSSR count). The Morgan fingerprint density at radius 2 is 2.21 bits per heavy atom. The lowest BCUT2D eigenvalue weighted by atomic mass is 10.1. The van der Waals surface area contributed by atoms with Gasteiger partial charge in [-0.25, -0.2) is 9.37 Å². The Bertz CT molecular complexity index is 276. The highest BCUT2D eigenvalue weighted by Gasteiger charge is 2.10. The zero-order chi connectivity index (χ0) is 10.6. The first kappa shape index (κ1) is 11.2. The summed E-state index contributed by atoms with van der Waals surface area (Å²) in [6.07, 6.45) is 1.19. The van der Waals surface area contributed by atoms with Crippen molar-refractivity contribution in [2.75, 3.05) is 11.2 Å². The van der Waals surface area contributed by atoms with Crippen LogP contribution in [0.25, 0.3) is 0 Å². The average Bonchev–Trinajstić information content (AvgIpc) is 2.20. The Balaban J connectivity index is 2.56. The number of hydrogen-bond donors (Lipinski definition) is 1. The van der Waals surface area contributed by atoms with Gasteiger partial charge < -0.3 is 5.32 Å². The summed E-state index contributed by atoms with van der Waals surface area (Å²) in [5.41, 5.74) is 0. The molecule has 0 fully saturated rings. The Hall–Kier alpha value is -0.830. The van der Waals surface area contributed by atoms with Crippen LogP contribution < -0.4 is 5.32 Å². The molecule has 0 aliphatic heterocycles. The predicted molar refractivity (Wildman–Crippen MR) is 57.2 cm³/mol. The first-order chi connectivity index (χ1) is 6.63. The summed E-state index contributed by atoms with van der Waals surface area (Å²) >= 11 is 5.72. The summed E-state index contributed by atoms with van der Waals surface area (Å²) in [6, 6.07) is 3.23. The molecule has 2 unspecified atom stereocenters. The highest BCUT2D eigenvalue weighted by molar-refractivity contribution is 6.18. The van der Waals surface area contributed by atoms with Crippen LogP contribution in [0, 0.1) is 11.7 Å². The minimum atomic E-state index is -0.325. The van der Waals surface area contributed by atoms with E-state index in [4.69, 9.17) is 11.6 Å². The smallest absolute Gasteiger partial charge is 0.141 e. The molecule has 1 aromatic rings. The Morgan fingerprint density at radius 3 is 2.71 bits per heavy atom. The molecule has 0 aliphatic rings. The van der Waals surface area contributed by atoms with Gasteiger partial charge in [0, 0.05) is 11.9 Å². The summed E-state index contributed by atoms with van der Waals surface area (Å²) < 4.78 is 12.5. The van der Waals surface area contributed by atoms with E-state index >= 15 is 0 Å². The third-order valence-corrected chi connectivity index (χ3v) is 2.69. The van der Waals surface area contributed by atoms with Gasteiger partial charge in [0.2, 0.25) is 0 Å². The maximum atomic E-state index is 12.5. The lowest BCUT2D eigenvalue weighted by Crippen LogP contribution is -2.25. The summed E-state index contributed by atoms with van der Waals surface area (Å²) in [7, 11) is 0. The minimum absolute atomic E-state index is 0.227. The molecule has 0 aromatic carbocycles. The van der Waals surface area contributed by atoms with Crippen molar-refractivity contribution in [1.29, 1.82) is 0 Å². The van der Waals surface area contributed by atoms with Gasteiger partial charge in [-0.3, -0.25) is 0 Å². The molecule has 0 radical (unpaired) electrons. The van der Waals surface area contributed by atoms with Gasteiger partial charge in [0.25, 0.3) is 0 Å². The second-order valence-corrected chi connectivity index (χ2v) is 3.73. The van der Waals surface area contributed by atoms with Crippen LogP contribution in [0.5, 0.6) is 0 Å². The standard InChI is InChI=1S/C10H14ClFN2/c1-7(5-11)8(2)14-10-4-3-9(12)6-13-10/h3-4,6-8H,5H2,1-2H3,(H,13,14). The van der Waals surface area contributed by atoms with E-state index in [1.807, 2.05) is 13.8 Å². The van der Waals surface area contributed by atoms with Crippen molar-refractivity contribution in [1.82, 2.24) is 4.98 Å². The van der Waals surface area contributed by atoms with Crippen molar-refractivity contribution in [2.45, 2.75) is 19.9 Å². The fourth-order valence-electron chi connectivity index (χ4n) is 0.970. The molecule has 1 heterocycles. The molecule has 1 aromatic heterocycles. The lowest BCUT2D eigenvalue weighted by Gasteiger charge is -2.19. The van der Waals surface area contributed by atoms with Crippen LogP contribution in [-0.4, -0.2) is 16.9 Å². The maximum Gasteiger partial charge on any atom is 0.141 e. The van der Waals surface area contributed by atoms with E-state index < -0.39 is 0 Å². The highest BCUT2D eigenvalue weighted by atomic mass is 35.5. The van der Waals surface area contributed by atoms with Crippen molar-refractivity contribution in [2.24, 2.45) is 5.92 Å². The summed E-state index contributed by atoms with van der Waals surface area (Å²) in [5, 5.41) is 3.16. The van der Waals surface area contributed by atoms with Gasteiger partial charge in [0.15, 0.2) is 0 Å². The molecule has 0 saturated heterocycles. The largest absolute Gasteiger partial charge is 0.367 e. The molecular weight excluding hydrogens is 203 g/mol. The van der Waals surface area contributed by atoms with Gasteiger partial charge in [-0.15, -0.1) is 11.6 Å². The van der Waals surface area contributed by atoms with Crippen LogP contribution >= 0.6 is 11.6 Å². The van der Waals surface area contributed by atoms with Crippen LogP contribution in [0.3, 0.4) is 0 Å². The zero-order valence-corrected chi connectivity index (χ0v) is 9.05. The molecule has 0 saturated carbocycles. The molecular formula is C10H14ClFN2. The van der Waals surface area contributed by atoms with Gasteiger partial charge in [-0.2, -0.15) is 0 Å². The topological polar surface area (TPSA) is 24.9 Å². The Kier molecular flexibility index (Phi) is 4.14. The van der Waals surface area contributed by atoms with Crippen LogP contribution in [-0.2, 0) is 0 Å². The van der Waals surface area contributed by atoms with E-state index in [0.717, 1.165) is 0 Å². The second kappa shape index (κ2) is 5.15. The SMILES string of the molecule is CC(CCl)C(C)Nc1ccc(F)cn1. The Labute approximate surface area is 88.5 Å². The number of alkyl halides is 1.